The van der Waals surface area contributed by atoms with Crippen molar-refractivity contribution in [3.05, 3.63) is 29.8 Å². The molecular weight excluding hydrogens is 215 g/mol. The molecule has 0 aliphatic carbocycles. The molecule has 1 N–H and O–H groups in total. The molecule has 0 amide bonds. The van der Waals surface area contributed by atoms with E-state index in [1.807, 2.05) is 0 Å². The van der Waals surface area contributed by atoms with Gasteiger partial charge in [-0.3, -0.25) is 0 Å². The summed E-state index contributed by atoms with van der Waals surface area (Å²) in [5, 5.41) is 9.54. The molecule has 2 atom stereocenters. The zero-order valence-electron chi connectivity index (χ0n) is 9.01. The van der Waals surface area contributed by atoms with Crippen LogP contribution in [0, 0.1) is 0 Å². The fourth-order valence-corrected chi connectivity index (χ4v) is 1.21. The lowest BCUT2D eigenvalue weighted by Gasteiger charge is -2.14. The van der Waals surface area contributed by atoms with Crippen molar-refractivity contribution < 1.29 is 23.8 Å². The van der Waals surface area contributed by atoms with Crippen LogP contribution in [0.15, 0.2) is 24.3 Å². The Balaban J connectivity index is 2.79. The Morgan fingerprint density at radius 3 is 2.31 bits per heavy atom. The van der Waals surface area contributed by atoms with Crippen LogP contribution in [0.4, 0.5) is 4.39 Å². The van der Waals surface area contributed by atoms with Crippen LogP contribution >= 0.6 is 0 Å². The maximum absolute atomic E-state index is 13.3. The highest BCUT2D eigenvalue weighted by atomic mass is 19.1. The first-order valence-corrected chi connectivity index (χ1v) is 4.64. The van der Waals surface area contributed by atoms with Crippen molar-refractivity contribution in [3.8, 4) is 5.75 Å². The molecule has 0 radical (unpaired) electrons. The smallest absolute Gasteiger partial charge is 0.343 e. The number of esters is 1. The van der Waals surface area contributed by atoms with Crippen molar-refractivity contribution >= 4 is 5.97 Å². The Morgan fingerprint density at radius 2 is 1.88 bits per heavy atom. The first-order valence-electron chi connectivity index (χ1n) is 4.64. The van der Waals surface area contributed by atoms with Crippen LogP contribution < -0.4 is 4.74 Å². The molecule has 0 saturated heterocycles. The van der Waals surface area contributed by atoms with E-state index in [9.17, 15) is 14.3 Å². The average molecular weight is 228 g/mol. The summed E-state index contributed by atoms with van der Waals surface area (Å²) in [6.45, 7) is 0. The van der Waals surface area contributed by atoms with Crippen LogP contribution in [0.25, 0.3) is 0 Å². The van der Waals surface area contributed by atoms with Crippen molar-refractivity contribution in [1.29, 1.82) is 0 Å². The lowest BCUT2D eigenvalue weighted by Crippen LogP contribution is -2.24. The van der Waals surface area contributed by atoms with Gasteiger partial charge in [0.25, 0.3) is 0 Å². The third kappa shape index (κ3) is 2.70. The Kier molecular flexibility index (Phi) is 4.25. The number of alkyl halides is 1. The highest BCUT2D eigenvalue weighted by molar-refractivity contribution is 5.75. The molecule has 1 rings (SSSR count). The van der Waals surface area contributed by atoms with Gasteiger partial charge in [-0.25, -0.2) is 9.18 Å². The molecule has 1 aromatic carbocycles. The Bertz CT molecular complexity index is 350. The van der Waals surface area contributed by atoms with Crippen molar-refractivity contribution in [2.45, 2.75) is 12.3 Å². The van der Waals surface area contributed by atoms with Gasteiger partial charge >= 0.3 is 5.97 Å². The summed E-state index contributed by atoms with van der Waals surface area (Å²) in [6.07, 6.45) is -3.61. The van der Waals surface area contributed by atoms with Gasteiger partial charge in [0.1, 0.15) is 11.9 Å². The van der Waals surface area contributed by atoms with Crippen LogP contribution in [0.3, 0.4) is 0 Å². The van der Waals surface area contributed by atoms with E-state index in [1.165, 1.54) is 19.2 Å². The molecule has 0 aliphatic heterocycles. The number of aliphatic hydroxyl groups is 1. The SMILES string of the molecule is COC(=O)C(F)C(O)c1ccc(OC)cc1. The second-order valence-corrected chi connectivity index (χ2v) is 3.14. The van der Waals surface area contributed by atoms with Crippen LogP contribution in [0.5, 0.6) is 5.75 Å². The topological polar surface area (TPSA) is 55.8 Å². The number of methoxy groups -OCH3 is 2. The number of hydrogen-bond acceptors (Lipinski definition) is 4. The van der Waals surface area contributed by atoms with Crippen LogP contribution in [0.2, 0.25) is 0 Å². The molecule has 4 nitrogen and oxygen atoms in total. The predicted octanol–water partition coefficient (Wildman–Crippen LogP) is 1.24. The fraction of sp³-hybridized carbons (Fsp3) is 0.364. The molecular formula is C11H13FO4. The van der Waals surface area contributed by atoms with E-state index in [2.05, 4.69) is 4.74 Å². The molecule has 16 heavy (non-hydrogen) atoms. The van der Waals surface area contributed by atoms with Crippen molar-refractivity contribution in [2.75, 3.05) is 14.2 Å². The second kappa shape index (κ2) is 5.46. The second-order valence-electron chi connectivity index (χ2n) is 3.14. The van der Waals surface area contributed by atoms with Crippen molar-refractivity contribution in [3.63, 3.8) is 0 Å². The lowest BCUT2D eigenvalue weighted by atomic mass is 10.1. The van der Waals surface area contributed by atoms with E-state index in [4.69, 9.17) is 4.74 Å². The van der Waals surface area contributed by atoms with Crippen molar-refractivity contribution in [2.24, 2.45) is 0 Å². The molecule has 1 aromatic rings. The van der Waals surface area contributed by atoms with E-state index in [0.29, 0.717) is 11.3 Å². The third-order valence-electron chi connectivity index (χ3n) is 2.16. The van der Waals surface area contributed by atoms with E-state index in [-0.39, 0.29) is 0 Å². The molecule has 0 saturated carbocycles. The van der Waals surface area contributed by atoms with E-state index in [0.717, 1.165) is 7.11 Å². The van der Waals surface area contributed by atoms with E-state index < -0.39 is 18.2 Å². The van der Waals surface area contributed by atoms with Gasteiger partial charge in [-0.1, -0.05) is 12.1 Å². The minimum Gasteiger partial charge on any atom is -0.497 e. The molecule has 0 spiro atoms. The monoisotopic (exact) mass is 228 g/mol. The van der Waals surface area contributed by atoms with Crippen LogP contribution in [-0.2, 0) is 9.53 Å². The summed E-state index contributed by atoms with van der Waals surface area (Å²) in [5.41, 5.74) is 0.290. The van der Waals surface area contributed by atoms with Gasteiger partial charge in [-0.15, -0.1) is 0 Å². The minimum absolute atomic E-state index is 0.290. The first-order chi connectivity index (χ1) is 7.60. The number of benzene rings is 1. The number of halogens is 1. The van der Waals surface area contributed by atoms with Gasteiger partial charge in [-0.05, 0) is 17.7 Å². The highest BCUT2D eigenvalue weighted by Crippen LogP contribution is 2.22. The molecule has 0 bridgehead atoms. The standard InChI is InChI=1S/C11H13FO4/c1-15-8-5-3-7(4-6-8)10(13)9(12)11(14)16-2/h3-6,9-10,13H,1-2H3. The summed E-state index contributed by atoms with van der Waals surface area (Å²) in [4.78, 5) is 10.9. The largest absolute Gasteiger partial charge is 0.497 e. The van der Waals surface area contributed by atoms with Gasteiger partial charge in [-0.2, -0.15) is 0 Å². The summed E-state index contributed by atoms with van der Waals surface area (Å²) < 4.78 is 22.4. The predicted molar refractivity (Wildman–Crippen MR) is 54.9 cm³/mol. The van der Waals surface area contributed by atoms with Gasteiger partial charge in [0.05, 0.1) is 14.2 Å². The summed E-state index contributed by atoms with van der Waals surface area (Å²) in [7, 11) is 2.56. The Hall–Kier alpha value is -1.62. The maximum Gasteiger partial charge on any atom is 0.343 e. The highest BCUT2D eigenvalue weighted by Gasteiger charge is 2.28. The quantitative estimate of drug-likeness (QED) is 0.788. The van der Waals surface area contributed by atoms with Crippen molar-refractivity contribution in [1.82, 2.24) is 0 Å². The molecule has 0 heterocycles. The molecule has 5 heteroatoms. The van der Waals surface area contributed by atoms with Crippen LogP contribution in [0.1, 0.15) is 11.7 Å². The summed E-state index contributed by atoms with van der Waals surface area (Å²) >= 11 is 0. The number of carbonyl (C=O) groups is 1. The van der Waals surface area contributed by atoms with Gasteiger partial charge < -0.3 is 14.6 Å². The van der Waals surface area contributed by atoms with Gasteiger partial charge in [0.15, 0.2) is 0 Å². The molecule has 0 fully saturated rings. The number of carbonyl (C=O) groups excluding carboxylic acids is 1. The van der Waals surface area contributed by atoms with Crippen LogP contribution in [-0.4, -0.2) is 31.5 Å². The minimum atomic E-state index is -2.08. The number of aliphatic hydroxyl groups excluding tert-OH is 1. The van der Waals surface area contributed by atoms with Gasteiger partial charge in [0.2, 0.25) is 6.17 Å². The Labute approximate surface area is 92.6 Å². The molecule has 88 valence electrons. The molecule has 0 aliphatic rings. The maximum atomic E-state index is 13.3. The van der Waals surface area contributed by atoms with E-state index in [1.54, 1.807) is 12.1 Å². The van der Waals surface area contributed by atoms with E-state index >= 15 is 0 Å². The zero-order chi connectivity index (χ0) is 12.1. The Morgan fingerprint density at radius 1 is 1.31 bits per heavy atom. The molecule has 0 aromatic heterocycles. The summed E-state index contributed by atoms with van der Waals surface area (Å²) in [5.74, 6) is -0.507. The fourth-order valence-electron chi connectivity index (χ4n) is 1.21. The zero-order valence-corrected chi connectivity index (χ0v) is 9.01. The number of hydrogen-bond donors (Lipinski definition) is 1. The summed E-state index contributed by atoms with van der Waals surface area (Å²) in [6, 6.07) is 6.11. The normalized spacial score (nSPS) is 14.0. The third-order valence-corrected chi connectivity index (χ3v) is 2.16. The average Bonchev–Trinajstić information content (AvgIpc) is 2.36. The molecule has 2 unspecified atom stereocenters. The lowest BCUT2D eigenvalue weighted by molar-refractivity contribution is -0.151. The number of rotatable bonds is 4. The van der Waals surface area contributed by atoms with Gasteiger partial charge in [0, 0.05) is 0 Å². The number of ether oxygens (including phenoxy) is 2. The first kappa shape index (κ1) is 12.4.